The van der Waals surface area contributed by atoms with Crippen LogP contribution in [0.1, 0.15) is 47.5 Å². The summed E-state index contributed by atoms with van der Waals surface area (Å²) in [4.78, 5) is 0. The summed E-state index contributed by atoms with van der Waals surface area (Å²) in [6, 6.07) is 0. The first-order valence-corrected chi connectivity index (χ1v) is 5.98. The minimum Gasteiger partial charge on any atom is -0.466 e. The monoisotopic (exact) mass is 214 g/mol. The van der Waals surface area contributed by atoms with Gasteiger partial charge in [0.1, 0.15) is 0 Å². The summed E-state index contributed by atoms with van der Waals surface area (Å²) in [6.07, 6.45) is 4.04. The molecule has 0 atom stereocenters. The number of allylic oxidation sites excluding steroid dienone is 1. The van der Waals surface area contributed by atoms with E-state index in [9.17, 15) is 0 Å². The standard InChI is InChI=1S/C13H26O2/c1-6-13(14-9-7-11(2)3)15-10-8-12(4)5/h6,11-12H,7-10H2,1-5H3. The van der Waals surface area contributed by atoms with E-state index >= 15 is 0 Å². The average Bonchev–Trinajstić information content (AvgIpc) is 2.14. The lowest BCUT2D eigenvalue weighted by molar-refractivity contribution is 0.0272. The van der Waals surface area contributed by atoms with Gasteiger partial charge in [0, 0.05) is 0 Å². The van der Waals surface area contributed by atoms with Crippen molar-refractivity contribution in [1.82, 2.24) is 0 Å². The first-order chi connectivity index (χ1) is 7.06. The van der Waals surface area contributed by atoms with Crippen LogP contribution in [0, 0.1) is 11.8 Å². The third-order valence-electron chi connectivity index (χ3n) is 2.11. The van der Waals surface area contributed by atoms with Gasteiger partial charge >= 0.3 is 0 Å². The number of hydrogen-bond acceptors (Lipinski definition) is 2. The van der Waals surface area contributed by atoms with Crippen LogP contribution < -0.4 is 0 Å². The molecule has 0 N–H and O–H groups in total. The van der Waals surface area contributed by atoms with Gasteiger partial charge in [0.25, 0.3) is 5.95 Å². The highest BCUT2D eigenvalue weighted by molar-refractivity contribution is 4.79. The lowest BCUT2D eigenvalue weighted by Gasteiger charge is -2.13. The lowest BCUT2D eigenvalue weighted by atomic mass is 10.1. The van der Waals surface area contributed by atoms with E-state index in [2.05, 4.69) is 27.7 Å². The maximum atomic E-state index is 5.52. The van der Waals surface area contributed by atoms with Gasteiger partial charge in [-0.2, -0.15) is 0 Å². The highest BCUT2D eigenvalue weighted by Crippen LogP contribution is 2.07. The molecule has 0 amide bonds. The minimum absolute atomic E-state index is 0.677. The molecule has 0 aliphatic heterocycles. The summed E-state index contributed by atoms with van der Waals surface area (Å²) in [5.74, 6) is 2.04. The number of hydrogen-bond donors (Lipinski definition) is 0. The van der Waals surface area contributed by atoms with Crippen molar-refractivity contribution in [3.63, 3.8) is 0 Å². The Labute approximate surface area is 94.7 Å². The van der Waals surface area contributed by atoms with Gasteiger partial charge < -0.3 is 9.47 Å². The second-order valence-electron chi connectivity index (χ2n) is 4.67. The Kier molecular flexibility index (Phi) is 8.25. The molecule has 0 saturated carbocycles. The van der Waals surface area contributed by atoms with Crippen LogP contribution in [0.25, 0.3) is 0 Å². The topological polar surface area (TPSA) is 18.5 Å². The molecular weight excluding hydrogens is 188 g/mol. The van der Waals surface area contributed by atoms with Crippen molar-refractivity contribution in [1.29, 1.82) is 0 Å². The maximum Gasteiger partial charge on any atom is 0.274 e. The molecule has 0 aromatic carbocycles. The van der Waals surface area contributed by atoms with Crippen LogP contribution in [0.5, 0.6) is 0 Å². The van der Waals surface area contributed by atoms with Crippen LogP contribution in [0.4, 0.5) is 0 Å². The predicted molar refractivity (Wildman–Crippen MR) is 64.6 cm³/mol. The van der Waals surface area contributed by atoms with Gasteiger partial charge in [-0.1, -0.05) is 27.7 Å². The van der Waals surface area contributed by atoms with Gasteiger partial charge in [0.2, 0.25) is 0 Å². The van der Waals surface area contributed by atoms with Crippen LogP contribution in [0.2, 0.25) is 0 Å². The van der Waals surface area contributed by atoms with Gasteiger partial charge in [-0.25, -0.2) is 0 Å². The Morgan fingerprint density at radius 2 is 1.33 bits per heavy atom. The van der Waals surface area contributed by atoms with Gasteiger partial charge in [-0.3, -0.25) is 0 Å². The summed E-state index contributed by atoms with van der Waals surface area (Å²) in [7, 11) is 0. The summed E-state index contributed by atoms with van der Waals surface area (Å²) in [5, 5.41) is 0. The molecule has 2 nitrogen and oxygen atoms in total. The Morgan fingerprint density at radius 3 is 1.60 bits per heavy atom. The molecule has 0 aromatic heterocycles. The van der Waals surface area contributed by atoms with E-state index in [1.807, 2.05) is 13.0 Å². The Hall–Kier alpha value is -0.660. The molecule has 0 radical (unpaired) electrons. The smallest absolute Gasteiger partial charge is 0.274 e. The van der Waals surface area contributed by atoms with Crippen molar-refractivity contribution < 1.29 is 9.47 Å². The van der Waals surface area contributed by atoms with Crippen molar-refractivity contribution in [2.24, 2.45) is 11.8 Å². The first-order valence-electron chi connectivity index (χ1n) is 5.98. The fourth-order valence-electron chi connectivity index (χ4n) is 0.999. The van der Waals surface area contributed by atoms with E-state index in [1.165, 1.54) is 0 Å². The van der Waals surface area contributed by atoms with Crippen LogP contribution >= 0.6 is 0 Å². The molecule has 0 aromatic rings. The zero-order valence-corrected chi connectivity index (χ0v) is 10.9. The van der Waals surface area contributed by atoms with Gasteiger partial charge in [0.15, 0.2) is 0 Å². The van der Waals surface area contributed by atoms with E-state index < -0.39 is 0 Å². The van der Waals surface area contributed by atoms with Crippen molar-refractivity contribution in [3.05, 3.63) is 12.0 Å². The molecule has 0 spiro atoms. The molecule has 0 aliphatic rings. The summed E-state index contributed by atoms with van der Waals surface area (Å²) in [5.41, 5.74) is 0. The fraction of sp³-hybridized carbons (Fsp3) is 0.846. The molecule has 90 valence electrons. The van der Waals surface area contributed by atoms with E-state index in [-0.39, 0.29) is 0 Å². The summed E-state index contributed by atoms with van der Waals surface area (Å²) < 4.78 is 11.0. The highest BCUT2D eigenvalue weighted by Gasteiger charge is 2.01. The molecule has 0 heterocycles. The predicted octanol–water partition coefficient (Wildman–Crippen LogP) is 3.97. The van der Waals surface area contributed by atoms with E-state index in [0.29, 0.717) is 17.8 Å². The normalized spacial score (nSPS) is 10.6. The van der Waals surface area contributed by atoms with Gasteiger partial charge in [0.05, 0.1) is 13.2 Å². The molecule has 0 aliphatic carbocycles. The zero-order chi connectivity index (χ0) is 11.7. The quantitative estimate of drug-likeness (QED) is 0.569. The average molecular weight is 214 g/mol. The summed E-state index contributed by atoms with van der Waals surface area (Å²) >= 11 is 0. The molecule has 2 heteroatoms. The van der Waals surface area contributed by atoms with Crippen LogP contribution in [-0.4, -0.2) is 13.2 Å². The van der Waals surface area contributed by atoms with Gasteiger partial charge in [-0.05, 0) is 37.7 Å². The Balaban J connectivity index is 3.57. The van der Waals surface area contributed by atoms with Crippen LogP contribution in [-0.2, 0) is 9.47 Å². The molecule has 0 unspecified atom stereocenters. The molecule has 15 heavy (non-hydrogen) atoms. The van der Waals surface area contributed by atoms with Crippen molar-refractivity contribution >= 4 is 0 Å². The first kappa shape index (κ1) is 14.3. The highest BCUT2D eigenvalue weighted by atomic mass is 16.7. The second kappa shape index (κ2) is 8.63. The third-order valence-corrected chi connectivity index (χ3v) is 2.11. The largest absolute Gasteiger partial charge is 0.466 e. The Bertz CT molecular complexity index is 155. The van der Waals surface area contributed by atoms with E-state index in [1.54, 1.807) is 0 Å². The van der Waals surface area contributed by atoms with Gasteiger partial charge in [-0.15, -0.1) is 0 Å². The van der Waals surface area contributed by atoms with Crippen molar-refractivity contribution in [2.75, 3.05) is 13.2 Å². The third kappa shape index (κ3) is 9.64. The SMILES string of the molecule is CC=C(OCCC(C)C)OCCC(C)C. The van der Waals surface area contributed by atoms with Crippen LogP contribution in [0.15, 0.2) is 12.0 Å². The molecule has 0 bridgehead atoms. The fourth-order valence-corrected chi connectivity index (χ4v) is 0.999. The van der Waals surface area contributed by atoms with Crippen LogP contribution in [0.3, 0.4) is 0 Å². The number of ether oxygens (including phenoxy) is 2. The number of rotatable bonds is 8. The minimum atomic E-state index is 0.677. The van der Waals surface area contributed by atoms with Crippen molar-refractivity contribution in [3.8, 4) is 0 Å². The van der Waals surface area contributed by atoms with E-state index in [0.717, 1.165) is 26.1 Å². The van der Waals surface area contributed by atoms with E-state index in [4.69, 9.17) is 9.47 Å². The second-order valence-corrected chi connectivity index (χ2v) is 4.67. The van der Waals surface area contributed by atoms with Crippen molar-refractivity contribution in [2.45, 2.75) is 47.5 Å². The molecule has 0 saturated heterocycles. The molecular formula is C13H26O2. The maximum absolute atomic E-state index is 5.52. The summed E-state index contributed by atoms with van der Waals surface area (Å²) in [6.45, 7) is 12.2. The molecule has 0 fully saturated rings. The zero-order valence-electron chi connectivity index (χ0n) is 10.9. The Morgan fingerprint density at radius 1 is 0.933 bits per heavy atom. The molecule has 0 rings (SSSR count). The lowest BCUT2D eigenvalue weighted by Crippen LogP contribution is -2.04.